The average molecular weight is 585 g/mol. The van der Waals surface area contributed by atoms with Crippen molar-refractivity contribution in [3.8, 4) is 11.5 Å². The molecule has 10 nitrogen and oxygen atoms in total. The SMILES string of the molecule is CCOC(=O)C1=C(COCc2cc(=O)[nH]c(-c3ccccn3)n2)NC(C)=C(C(=O)OC)C1c1cccc(Cl)c1Cl. The summed E-state index contributed by atoms with van der Waals surface area (Å²) in [5.74, 6) is -1.98. The minimum Gasteiger partial charge on any atom is -0.466 e. The third-order valence-electron chi connectivity index (χ3n) is 6.04. The van der Waals surface area contributed by atoms with Crippen LogP contribution in [0.3, 0.4) is 0 Å². The number of ether oxygens (including phenoxy) is 3. The zero-order valence-corrected chi connectivity index (χ0v) is 23.4. The average Bonchev–Trinajstić information content (AvgIpc) is 2.94. The van der Waals surface area contributed by atoms with Crippen LogP contribution in [0.15, 0.2) is 76.0 Å². The Morgan fingerprint density at radius 1 is 1.05 bits per heavy atom. The van der Waals surface area contributed by atoms with Crippen LogP contribution in [0, 0.1) is 0 Å². The summed E-state index contributed by atoms with van der Waals surface area (Å²) in [4.78, 5) is 49.8. The van der Waals surface area contributed by atoms with Crippen molar-refractivity contribution in [3.05, 3.63) is 103 Å². The number of benzene rings is 1. The molecular weight excluding hydrogens is 559 g/mol. The molecule has 0 bridgehead atoms. The molecule has 4 rings (SSSR count). The van der Waals surface area contributed by atoms with Gasteiger partial charge in [0, 0.05) is 18.0 Å². The summed E-state index contributed by atoms with van der Waals surface area (Å²) < 4.78 is 16.3. The van der Waals surface area contributed by atoms with Gasteiger partial charge in [-0.15, -0.1) is 0 Å². The van der Waals surface area contributed by atoms with Gasteiger partial charge in [0.1, 0.15) is 5.69 Å². The summed E-state index contributed by atoms with van der Waals surface area (Å²) >= 11 is 12.9. The molecule has 2 N–H and O–H groups in total. The number of hydrogen-bond acceptors (Lipinski definition) is 9. The summed E-state index contributed by atoms with van der Waals surface area (Å²) in [5.41, 5.74) is 1.99. The van der Waals surface area contributed by atoms with Crippen LogP contribution < -0.4 is 10.9 Å². The van der Waals surface area contributed by atoms with Gasteiger partial charge < -0.3 is 24.5 Å². The molecule has 0 amide bonds. The first kappa shape index (κ1) is 29.0. The number of carbonyl (C=O) groups excluding carboxylic acids is 2. The van der Waals surface area contributed by atoms with Gasteiger partial charge in [0.15, 0.2) is 5.82 Å². The number of esters is 2. The largest absolute Gasteiger partial charge is 0.466 e. The minimum atomic E-state index is -0.953. The lowest BCUT2D eigenvalue weighted by Crippen LogP contribution is -2.34. The number of carbonyl (C=O) groups is 2. The fourth-order valence-corrected chi connectivity index (χ4v) is 4.78. The van der Waals surface area contributed by atoms with Gasteiger partial charge in [-0.1, -0.05) is 41.4 Å². The Labute approximate surface area is 240 Å². The van der Waals surface area contributed by atoms with Gasteiger partial charge in [-0.25, -0.2) is 14.6 Å². The number of rotatable bonds is 9. The van der Waals surface area contributed by atoms with E-state index in [-0.39, 0.29) is 46.6 Å². The number of nitrogens with zero attached hydrogens (tertiary/aromatic N) is 2. The van der Waals surface area contributed by atoms with Crippen molar-refractivity contribution in [2.45, 2.75) is 26.4 Å². The van der Waals surface area contributed by atoms with Crippen molar-refractivity contribution in [1.29, 1.82) is 0 Å². The molecule has 0 radical (unpaired) electrons. The normalized spacial score (nSPS) is 15.1. The van der Waals surface area contributed by atoms with Gasteiger partial charge in [-0.3, -0.25) is 9.78 Å². The Morgan fingerprint density at radius 2 is 1.85 bits per heavy atom. The van der Waals surface area contributed by atoms with E-state index < -0.39 is 17.9 Å². The van der Waals surface area contributed by atoms with E-state index in [1.165, 1.54) is 13.2 Å². The van der Waals surface area contributed by atoms with E-state index >= 15 is 0 Å². The topological polar surface area (TPSA) is 132 Å². The second-order valence-corrected chi connectivity index (χ2v) is 9.42. The van der Waals surface area contributed by atoms with Crippen molar-refractivity contribution in [3.63, 3.8) is 0 Å². The summed E-state index contributed by atoms with van der Waals surface area (Å²) in [6.07, 6.45) is 1.59. The van der Waals surface area contributed by atoms with E-state index in [9.17, 15) is 14.4 Å². The maximum absolute atomic E-state index is 13.3. The number of hydrogen-bond donors (Lipinski definition) is 2. The third-order valence-corrected chi connectivity index (χ3v) is 6.87. The van der Waals surface area contributed by atoms with Crippen molar-refractivity contribution < 1.29 is 23.8 Å². The van der Waals surface area contributed by atoms with E-state index in [0.717, 1.165) is 0 Å². The number of aromatic amines is 1. The van der Waals surface area contributed by atoms with Crippen LogP contribution in [0.1, 0.15) is 31.0 Å². The first-order valence-corrected chi connectivity index (χ1v) is 13.0. The van der Waals surface area contributed by atoms with Gasteiger partial charge in [0.25, 0.3) is 5.56 Å². The molecule has 12 heteroatoms. The Balaban J connectivity index is 1.72. The number of aromatic nitrogens is 3. The molecule has 3 aromatic rings. The summed E-state index contributed by atoms with van der Waals surface area (Å²) in [7, 11) is 1.25. The lowest BCUT2D eigenvalue weighted by Gasteiger charge is -2.31. The highest BCUT2D eigenvalue weighted by molar-refractivity contribution is 6.42. The number of H-pyrrole nitrogens is 1. The fraction of sp³-hybridized carbons (Fsp3) is 0.250. The van der Waals surface area contributed by atoms with E-state index in [4.69, 9.17) is 37.4 Å². The lowest BCUT2D eigenvalue weighted by molar-refractivity contribution is -0.139. The smallest absolute Gasteiger partial charge is 0.336 e. The molecule has 0 fully saturated rings. The van der Waals surface area contributed by atoms with Crippen LogP contribution in [-0.2, 0) is 30.4 Å². The highest BCUT2D eigenvalue weighted by Gasteiger charge is 2.40. The zero-order chi connectivity index (χ0) is 28.8. The molecule has 0 saturated carbocycles. The molecule has 1 atom stereocenters. The summed E-state index contributed by atoms with van der Waals surface area (Å²) in [6.45, 7) is 3.28. The van der Waals surface area contributed by atoms with E-state index in [2.05, 4.69) is 20.3 Å². The molecule has 3 heterocycles. The first-order chi connectivity index (χ1) is 19.2. The van der Waals surface area contributed by atoms with Gasteiger partial charge in [-0.05, 0) is 37.6 Å². The van der Waals surface area contributed by atoms with Crippen molar-refractivity contribution in [1.82, 2.24) is 20.3 Å². The van der Waals surface area contributed by atoms with Crippen LogP contribution in [0.25, 0.3) is 11.5 Å². The maximum atomic E-state index is 13.3. The van der Waals surface area contributed by atoms with Crippen LogP contribution in [-0.4, -0.2) is 47.2 Å². The van der Waals surface area contributed by atoms with Gasteiger partial charge >= 0.3 is 11.9 Å². The van der Waals surface area contributed by atoms with Crippen molar-refractivity contribution >= 4 is 35.1 Å². The van der Waals surface area contributed by atoms with Gasteiger partial charge in [-0.2, -0.15) is 0 Å². The molecular formula is C28H26Cl2N4O6. The van der Waals surface area contributed by atoms with Crippen LogP contribution in [0.2, 0.25) is 10.0 Å². The van der Waals surface area contributed by atoms with Crippen molar-refractivity contribution in [2.75, 3.05) is 20.3 Å². The van der Waals surface area contributed by atoms with E-state index in [0.29, 0.717) is 34.2 Å². The monoisotopic (exact) mass is 584 g/mol. The quantitative estimate of drug-likeness (QED) is 0.353. The van der Waals surface area contributed by atoms with Crippen LogP contribution in [0.5, 0.6) is 0 Å². The molecule has 1 aliphatic rings. The minimum absolute atomic E-state index is 0.0553. The number of allylic oxidation sites excluding steroid dienone is 1. The molecule has 0 aliphatic carbocycles. The predicted octanol–water partition coefficient (Wildman–Crippen LogP) is 4.31. The predicted molar refractivity (Wildman–Crippen MR) is 148 cm³/mol. The molecule has 40 heavy (non-hydrogen) atoms. The summed E-state index contributed by atoms with van der Waals surface area (Å²) in [6, 6.07) is 11.5. The number of methoxy groups -OCH3 is 1. The van der Waals surface area contributed by atoms with Crippen LogP contribution in [0.4, 0.5) is 0 Å². The molecule has 1 aliphatic heterocycles. The lowest BCUT2D eigenvalue weighted by atomic mass is 9.80. The Hall–Kier alpha value is -3.99. The second kappa shape index (κ2) is 12.9. The van der Waals surface area contributed by atoms with Gasteiger partial charge in [0.2, 0.25) is 0 Å². The second-order valence-electron chi connectivity index (χ2n) is 8.64. The highest BCUT2D eigenvalue weighted by Crippen LogP contribution is 2.43. The summed E-state index contributed by atoms with van der Waals surface area (Å²) in [5, 5.41) is 3.53. The van der Waals surface area contributed by atoms with Crippen molar-refractivity contribution in [2.24, 2.45) is 0 Å². The maximum Gasteiger partial charge on any atom is 0.336 e. The molecule has 1 aromatic carbocycles. The van der Waals surface area contributed by atoms with Gasteiger partial charge in [0.05, 0.1) is 65.4 Å². The molecule has 2 aromatic heterocycles. The number of halogens is 2. The molecule has 0 saturated heterocycles. The fourth-order valence-electron chi connectivity index (χ4n) is 4.36. The van der Waals surface area contributed by atoms with Crippen LogP contribution >= 0.6 is 23.2 Å². The standard InChI is InChI=1S/C28H26Cl2N4O6/c1-4-40-28(37)24-20(14-39-13-16-12-21(35)34-26(33-16)19-10-5-6-11-31-19)32-15(2)22(27(36)38-3)23(24)17-8-7-9-18(29)25(17)30/h5-12,23,32H,4,13-14H2,1-3H3,(H,33,34,35). The third kappa shape index (κ3) is 6.25. The molecule has 1 unspecified atom stereocenters. The molecule has 208 valence electrons. The van der Waals surface area contributed by atoms with E-state index in [1.54, 1.807) is 56.4 Å². The number of dihydropyridines is 1. The first-order valence-electron chi connectivity index (χ1n) is 12.2. The van der Waals surface area contributed by atoms with E-state index in [1.807, 2.05) is 0 Å². The Morgan fingerprint density at radius 3 is 2.55 bits per heavy atom. The highest BCUT2D eigenvalue weighted by atomic mass is 35.5. The number of nitrogens with one attached hydrogen (secondary N) is 2. The molecule has 0 spiro atoms. The number of pyridine rings is 1. The Kier molecular flexibility index (Phi) is 9.36. The zero-order valence-electron chi connectivity index (χ0n) is 21.9. The Bertz CT molecular complexity index is 1550.